The molecule has 0 aliphatic carbocycles. The normalized spacial score (nSPS) is 9.69. The summed E-state index contributed by atoms with van der Waals surface area (Å²) in [7, 11) is 0. The van der Waals surface area contributed by atoms with Crippen molar-refractivity contribution in [3.8, 4) is 0 Å². The van der Waals surface area contributed by atoms with E-state index in [1.807, 2.05) is 0 Å². The molecule has 13 heavy (non-hydrogen) atoms. The van der Waals surface area contributed by atoms with E-state index in [0.717, 1.165) is 0 Å². The molecule has 4 heteroatoms. The molecule has 0 saturated carbocycles. The second-order valence-corrected chi connectivity index (χ2v) is 3.24. The van der Waals surface area contributed by atoms with E-state index in [4.69, 9.17) is 28.9 Å². The molecule has 68 valence electrons. The van der Waals surface area contributed by atoms with Crippen LogP contribution in [0.15, 0.2) is 24.8 Å². The van der Waals surface area contributed by atoms with Gasteiger partial charge in [-0.25, -0.2) is 0 Å². The number of carbonyl (C=O) groups is 1. The van der Waals surface area contributed by atoms with Crippen LogP contribution in [0, 0.1) is 0 Å². The van der Waals surface area contributed by atoms with Gasteiger partial charge in [-0.1, -0.05) is 29.8 Å². The Balaban J connectivity index is 3.28. The van der Waals surface area contributed by atoms with Crippen molar-refractivity contribution in [3.05, 3.63) is 40.4 Å². The highest BCUT2D eigenvalue weighted by Gasteiger charge is 2.08. The molecule has 0 spiro atoms. The van der Waals surface area contributed by atoms with Crippen molar-refractivity contribution in [2.75, 3.05) is 5.73 Å². The van der Waals surface area contributed by atoms with E-state index >= 15 is 0 Å². The van der Waals surface area contributed by atoms with Gasteiger partial charge in [0, 0.05) is 5.56 Å². The molecule has 0 unspecified atom stereocenters. The lowest BCUT2D eigenvalue weighted by molar-refractivity contribution is 0.104. The first kappa shape index (κ1) is 10.1. The number of halogens is 2. The average Bonchev–Trinajstić information content (AvgIpc) is 2.12. The number of rotatable bonds is 2. The Morgan fingerprint density at radius 2 is 1.85 bits per heavy atom. The van der Waals surface area contributed by atoms with Crippen LogP contribution in [0.2, 0.25) is 10.0 Å². The topological polar surface area (TPSA) is 43.1 Å². The second kappa shape index (κ2) is 3.81. The molecular weight excluding hydrogens is 209 g/mol. The lowest BCUT2D eigenvalue weighted by Crippen LogP contribution is -1.96. The van der Waals surface area contributed by atoms with Crippen molar-refractivity contribution in [1.29, 1.82) is 0 Å². The molecule has 0 fully saturated rings. The number of nitrogen functional groups attached to an aromatic ring is 1. The molecular formula is C9H7Cl2NO. The van der Waals surface area contributed by atoms with Gasteiger partial charge in [0.1, 0.15) is 0 Å². The summed E-state index contributed by atoms with van der Waals surface area (Å²) in [6, 6.07) is 2.93. The van der Waals surface area contributed by atoms with Crippen molar-refractivity contribution in [1.82, 2.24) is 0 Å². The number of carbonyl (C=O) groups excluding carboxylic acids is 1. The third-order valence-electron chi connectivity index (χ3n) is 1.55. The highest BCUT2D eigenvalue weighted by molar-refractivity contribution is 6.39. The molecule has 0 aliphatic heterocycles. The fraction of sp³-hybridized carbons (Fsp3) is 0. The second-order valence-electron chi connectivity index (χ2n) is 2.42. The van der Waals surface area contributed by atoms with Gasteiger partial charge in [-0.15, -0.1) is 0 Å². The number of benzene rings is 1. The van der Waals surface area contributed by atoms with Gasteiger partial charge < -0.3 is 5.73 Å². The van der Waals surface area contributed by atoms with Crippen molar-refractivity contribution in [2.45, 2.75) is 0 Å². The Labute approximate surface area is 85.9 Å². The number of hydrogen-bond acceptors (Lipinski definition) is 2. The molecule has 0 aromatic heterocycles. The summed E-state index contributed by atoms with van der Waals surface area (Å²) in [5.74, 6) is -0.233. The molecule has 0 heterocycles. The Morgan fingerprint density at radius 1 is 1.38 bits per heavy atom. The maximum atomic E-state index is 11.2. The summed E-state index contributed by atoms with van der Waals surface area (Å²) in [6.07, 6.45) is 1.19. The minimum Gasteiger partial charge on any atom is -0.396 e. The fourth-order valence-electron chi connectivity index (χ4n) is 0.844. The molecule has 0 atom stereocenters. The van der Waals surface area contributed by atoms with Crippen molar-refractivity contribution < 1.29 is 4.79 Å². The van der Waals surface area contributed by atoms with Gasteiger partial charge in [-0.05, 0) is 18.2 Å². The zero-order valence-corrected chi connectivity index (χ0v) is 8.19. The van der Waals surface area contributed by atoms with Gasteiger partial charge in [0.2, 0.25) is 0 Å². The van der Waals surface area contributed by atoms with E-state index in [1.165, 1.54) is 18.2 Å². The minimum atomic E-state index is -0.233. The molecule has 1 rings (SSSR count). The van der Waals surface area contributed by atoms with E-state index < -0.39 is 0 Å². The van der Waals surface area contributed by atoms with E-state index in [0.29, 0.717) is 5.56 Å². The molecule has 0 saturated heterocycles. The molecule has 2 N–H and O–H groups in total. The van der Waals surface area contributed by atoms with Gasteiger partial charge in [0.05, 0.1) is 15.7 Å². The molecule has 1 aromatic carbocycles. The summed E-state index contributed by atoms with van der Waals surface area (Å²) in [5, 5.41) is 0.551. The van der Waals surface area contributed by atoms with Gasteiger partial charge in [-0.2, -0.15) is 0 Å². The van der Waals surface area contributed by atoms with Crippen LogP contribution in [0.3, 0.4) is 0 Å². The van der Waals surface area contributed by atoms with Gasteiger partial charge >= 0.3 is 0 Å². The minimum absolute atomic E-state index is 0.233. The fourth-order valence-corrected chi connectivity index (χ4v) is 1.33. The largest absolute Gasteiger partial charge is 0.396 e. The summed E-state index contributed by atoms with van der Waals surface area (Å²) in [4.78, 5) is 11.2. The maximum Gasteiger partial charge on any atom is 0.185 e. The van der Waals surface area contributed by atoms with Crippen molar-refractivity contribution in [2.24, 2.45) is 0 Å². The summed E-state index contributed by atoms with van der Waals surface area (Å²) in [6.45, 7) is 3.35. The third-order valence-corrected chi connectivity index (χ3v) is 2.17. The number of anilines is 1. The SMILES string of the molecule is C=CC(=O)c1cc(Cl)c(N)c(Cl)c1. The summed E-state index contributed by atoms with van der Waals surface area (Å²) in [5.41, 5.74) is 6.16. The van der Waals surface area contributed by atoms with Crippen LogP contribution < -0.4 is 5.73 Å². The van der Waals surface area contributed by atoms with Crippen LogP contribution in [0.1, 0.15) is 10.4 Å². The van der Waals surface area contributed by atoms with Gasteiger partial charge in [0.15, 0.2) is 5.78 Å². The molecule has 2 nitrogen and oxygen atoms in total. The predicted molar refractivity (Wildman–Crippen MR) is 55.4 cm³/mol. The Hall–Kier alpha value is -0.990. The zero-order valence-electron chi connectivity index (χ0n) is 6.68. The van der Waals surface area contributed by atoms with E-state index in [-0.39, 0.29) is 21.5 Å². The third kappa shape index (κ3) is 2.02. The first-order chi connectivity index (χ1) is 6.06. The highest BCUT2D eigenvalue weighted by atomic mass is 35.5. The number of hydrogen-bond donors (Lipinski definition) is 1. The van der Waals surface area contributed by atoms with E-state index in [1.54, 1.807) is 0 Å². The molecule has 0 aliphatic rings. The maximum absolute atomic E-state index is 11.2. The van der Waals surface area contributed by atoms with Crippen LogP contribution in [-0.4, -0.2) is 5.78 Å². The molecule has 0 bridgehead atoms. The summed E-state index contributed by atoms with van der Waals surface area (Å²) >= 11 is 11.4. The van der Waals surface area contributed by atoms with Crippen LogP contribution in [0.25, 0.3) is 0 Å². The Morgan fingerprint density at radius 3 is 2.23 bits per heavy atom. The highest BCUT2D eigenvalue weighted by Crippen LogP contribution is 2.28. The number of ketones is 1. The van der Waals surface area contributed by atoms with Gasteiger partial charge in [-0.3, -0.25) is 4.79 Å². The van der Waals surface area contributed by atoms with Crippen LogP contribution in [0.5, 0.6) is 0 Å². The molecule has 0 amide bonds. The zero-order chi connectivity index (χ0) is 10.0. The first-order valence-corrected chi connectivity index (χ1v) is 4.23. The Kier molecular flexibility index (Phi) is 2.96. The van der Waals surface area contributed by atoms with Crippen LogP contribution >= 0.6 is 23.2 Å². The number of nitrogens with two attached hydrogens (primary N) is 1. The monoisotopic (exact) mass is 215 g/mol. The van der Waals surface area contributed by atoms with Crippen molar-refractivity contribution >= 4 is 34.7 Å². The van der Waals surface area contributed by atoms with Crippen LogP contribution in [-0.2, 0) is 0 Å². The first-order valence-electron chi connectivity index (χ1n) is 3.47. The predicted octanol–water partition coefficient (Wildman–Crippen LogP) is 2.94. The quantitative estimate of drug-likeness (QED) is 0.469. The summed E-state index contributed by atoms with van der Waals surface area (Å²) < 4.78 is 0. The van der Waals surface area contributed by atoms with E-state index in [2.05, 4.69) is 6.58 Å². The standard InChI is InChI=1S/C9H7Cl2NO/c1-2-8(13)5-3-6(10)9(12)7(11)4-5/h2-4H,1,12H2. The smallest absolute Gasteiger partial charge is 0.185 e. The van der Waals surface area contributed by atoms with Gasteiger partial charge in [0.25, 0.3) is 0 Å². The molecule has 0 radical (unpaired) electrons. The molecule has 1 aromatic rings. The average molecular weight is 216 g/mol. The van der Waals surface area contributed by atoms with Crippen molar-refractivity contribution in [3.63, 3.8) is 0 Å². The lowest BCUT2D eigenvalue weighted by Gasteiger charge is -2.03. The Bertz CT molecular complexity index is 351. The van der Waals surface area contributed by atoms with Crippen LogP contribution in [0.4, 0.5) is 5.69 Å². The lowest BCUT2D eigenvalue weighted by atomic mass is 10.1. The number of allylic oxidation sites excluding steroid dienone is 1. The van der Waals surface area contributed by atoms with E-state index in [9.17, 15) is 4.79 Å².